The van der Waals surface area contributed by atoms with Crippen LogP contribution in [-0.4, -0.2) is 47.7 Å². The lowest BCUT2D eigenvalue weighted by molar-refractivity contribution is 0.0788. The summed E-state index contributed by atoms with van der Waals surface area (Å²) in [5, 5.41) is 9.94. The van der Waals surface area contributed by atoms with E-state index in [-0.39, 0.29) is 22.3 Å². The van der Waals surface area contributed by atoms with Crippen molar-refractivity contribution >= 4 is 21.7 Å². The van der Waals surface area contributed by atoms with E-state index in [9.17, 15) is 13.2 Å². The maximum atomic E-state index is 12.6. The standard InChI is InChI=1S/C15H19N5O3S/c1-10-5-6-12(11(2)9-10)24(22,23)18-14-13(16-19-17-14)15(21)20-7-3-4-8-20/h5-6,9H,3-4,7-8H2,1-2H3,(H2,16,17,18,19). The van der Waals surface area contributed by atoms with Crippen LogP contribution in [0.4, 0.5) is 5.82 Å². The zero-order valence-electron chi connectivity index (χ0n) is 13.5. The summed E-state index contributed by atoms with van der Waals surface area (Å²) in [6, 6.07) is 5.04. The second-order valence-corrected chi connectivity index (χ2v) is 7.55. The highest BCUT2D eigenvalue weighted by Gasteiger charge is 2.28. The third-order valence-corrected chi connectivity index (χ3v) is 5.49. The van der Waals surface area contributed by atoms with Crippen LogP contribution >= 0.6 is 0 Å². The van der Waals surface area contributed by atoms with Gasteiger partial charge in [-0.05, 0) is 38.3 Å². The van der Waals surface area contributed by atoms with Gasteiger partial charge in [0, 0.05) is 13.1 Å². The van der Waals surface area contributed by atoms with Crippen molar-refractivity contribution in [1.29, 1.82) is 0 Å². The van der Waals surface area contributed by atoms with Crippen molar-refractivity contribution in [2.24, 2.45) is 0 Å². The summed E-state index contributed by atoms with van der Waals surface area (Å²) < 4.78 is 27.6. The van der Waals surface area contributed by atoms with Crippen LogP contribution in [0, 0.1) is 13.8 Å². The second kappa shape index (κ2) is 6.23. The number of nitrogens with zero attached hydrogens (tertiary/aromatic N) is 3. The van der Waals surface area contributed by atoms with Crippen LogP contribution in [0.1, 0.15) is 34.5 Å². The van der Waals surface area contributed by atoms with Crippen molar-refractivity contribution in [2.45, 2.75) is 31.6 Å². The van der Waals surface area contributed by atoms with Gasteiger partial charge in [0.15, 0.2) is 11.5 Å². The number of amides is 1. The lowest BCUT2D eigenvalue weighted by Crippen LogP contribution is -2.29. The molecule has 8 nitrogen and oxygen atoms in total. The highest BCUT2D eigenvalue weighted by molar-refractivity contribution is 7.92. The number of sulfonamides is 1. The molecule has 0 aliphatic carbocycles. The molecular formula is C15H19N5O3S. The Hall–Kier alpha value is -2.42. The molecule has 1 saturated heterocycles. The lowest BCUT2D eigenvalue weighted by Gasteiger charge is -2.14. The molecule has 24 heavy (non-hydrogen) atoms. The molecule has 2 aromatic rings. The Balaban J connectivity index is 1.88. The minimum Gasteiger partial charge on any atom is -0.337 e. The molecule has 2 N–H and O–H groups in total. The van der Waals surface area contributed by atoms with E-state index in [0.29, 0.717) is 18.7 Å². The van der Waals surface area contributed by atoms with Crippen LogP contribution in [0.2, 0.25) is 0 Å². The number of hydrogen-bond acceptors (Lipinski definition) is 5. The first kappa shape index (κ1) is 16.4. The van der Waals surface area contributed by atoms with E-state index < -0.39 is 10.0 Å². The summed E-state index contributed by atoms with van der Waals surface area (Å²) in [7, 11) is -3.85. The van der Waals surface area contributed by atoms with Gasteiger partial charge < -0.3 is 4.90 Å². The zero-order valence-corrected chi connectivity index (χ0v) is 14.4. The van der Waals surface area contributed by atoms with E-state index in [1.807, 2.05) is 6.92 Å². The number of anilines is 1. The molecule has 0 radical (unpaired) electrons. The smallest absolute Gasteiger partial charge is 0.278 e. The van der Waals surface area contributed by atoms with Crippen LogP contribution in [0.5, 0.6) is 0 Å². The molecule has 1 aromatic heterocycles. The zero-order chi connectivity index (χ0) is 17.3. The molecule has 0 atom stereocenters. The molecule has 0 unspecified atom stereocenters. The molecule has 1 amide bonds. The van der Waals surface area contributed by atoms with Crippen molar-refractivity contribution in [1.82, 2.24) is 20.3 Å². The Morgan fingerprint density at radius 2 is 1.92 bits per heavy atom. The van der Waals surface area contributed by atoms with Crippen molar-refractivity contribution < 1.29 is 13.2 Å². The predicted octanol–water partition coefficient (Wildman–Crippen LogP) is 1.46. The third-order valence-electron chi connectivity index (χ3n) is 3.99. The molecule has 9 heteroatoms. The molecule has 1 aliphatic rings. The predicted molar refractivity (Wildman–Crippen MR) is 88.2 cm³/mol. The Kier molecular flexibility index (Phi) is 4.27. The highest BCUT2D eigenvalue weighted by Crippen LogP contribution is 2.22. The minimum atomic E-state index is -3.85. The summed E-state index contributed by atoms with van der Waals surface area (Å²) in [4.78, 5) is 14.2. The molecule has 0 saturated carbocycles. The molecule has 0 spiro atoms. The monoisotopic (exact) mass is 349 g/mol. The molecule has 1 fully saturated rings. The van der Waals surface area contributed by atoms with Gasteiger partial charge >= 0.3 is 0 Å². The Bertz CT molecular complexity index is 869. The number of H-pyrrole nitrogens is 1. The van der Waals surface area contributed by atoms with Gasteiger partial charge in [-0.1, -0.05) is 17.7 Å². The van der Waals surface area contributed by atoms with Crippen LogP contribution < -0.4 is 4.72 Å². The largest absolute Gasteiger partial charge is 0.337 e. The van der Waals surface area contributed by atoms with Crippen LogP contribution in [0.25, 0.3) is 0 Å². The van der Waals surface area contributed by atoms with Gasteiger partial charge in [0.05, 0.1) is 4.90 Å². The number of aryl methyl sites for hydroxylation is 2. The Morgan fingerprint density at radius 3 is 2.58 bits per heavy atom. The third kappa shape index (κ3) is 3.12. The Labute approximate surface area is 140 Å². The van der Waals surface area contributed by atoms with E-state index in [2.05, 4.69) is 20.1 Å². The average molecular weight is 349 g/mol. The maximum Gasteiger partial charge on any atom is 0.278 e. The number of carbonyl (C=O) groups excluding carboxylic acids is 1. The number of aromatic nitrogens is 3. The lowest BCUT2D eigenvalue weighted by atomic mass is 10.2. The SMILES string of the molecule is Cc1ccc(S(=O)(=O)Nc2n[nH]nc2C(=O)N2CCCC2)c(C)c1. The summed E-state index contributed by atoms with van der Waals surface area (Å²) in [5.74, 6) is -0.397. The van der Waals surface area contributed by atoms with Crippen LogP contribution in [-0.2, 0) is 10.0 Å². The van der Waals surface area contributed by atoms with E-state index in [0.717, 1.165) is 18.4 Å². The van der Waals surface area contributed by atoms with Gasteiger partial charge in [0.1, 0.15) is 0 Å². The molecule has 1 aromatic carbocycles. The number of likely N-dealkylation sites (tertiary alicyclic amines) is 1. The highest BCUT2D eigenvalue weighted by atomic mass is 32.2. The van der Waals surface area contributed by atoms with Crippen LogP contribution in [0.3, 0.4) is 0 Å². The van der Waals surface area contributed by atoms with E-state index in [4.69, 9.17) is 0 Å². The molecule has 128 valence electrons. The second-order valence-electron chi connectivity index (χ2n) is 5.89. The number of benzene rings is 1. The fourth-order valence-corrected chi connectivity index (χ4v) is 4.04. The van der Waals surface area contributed by atoms with Crippen LogP contribution in [0.15, 0.2) is 23.1 Å². The first-order valence-electron chi connectivity index (χ1n) is 7.68. The van der Waals surface area contributed by atoms with Gasteiger partial charge in [0.25, 0.3) is 15.9 Å². The topological polar surface area (TPSA) is 108 Å². The first-order valence-corrected chi connectivity index (χ1v) is 9.17. The molecular weight excluding hydrogens is 330 g/mol. The fraction of sp³-hybridized carbons (Fsp3) is 0.400. The number of nitrogens with one attached hydrogen (secondary N) is 2. The number of aromatic amines is 1. The van der Waals surface area contributed by atoms with Gasteiger partial charge in [-0.15, -0.1) is 10.2 Å². The fourth-order valence-electron chi connectivity index (χ4n) is 2.80. The number of hydrogen-bond donors (Lipinski definition) is 2. The Morgan fingerprint density at radius 1 is 1.21 bits per heavy atom. The van der Waals surface area contributed by atoms with E-state index >= 15 is 0 Å². The maximum absolute atomic E-state index is 12.6. The summed E-state index contributed by atoms with van der Waals surface area (Å²) in [6.45, 7) is 4.91. The number of rotatable bonds is 4. The average Bonchev–Trinajstić information content (AvgIpc) is 3.16. The normalized spacial score (nSPS) is 14.8. The molecule has 1 aliphatic heterocycles. The van der Waals surface area contributed by atoms with Gasteiger partial charge in [-0.25, -0.2) is 8.42 Å². The summed E-state index contributed by atoms with van der Waals surface area (Å²) in [6.07, 6.45) is 1.88. The summed E-state index contributed by atoms with van der Waals surface area (Å²) >= 11 is 0. The van der Waals surface area contributed by atoms with Crippen molar-refractivity contribution in [3.8, 4) is 0 Å². The number of carbonyl (C=O) groups is 1. The van der Waals surface area contributed by atoms with Crippen molar-refractivity contribution in [2.75, 3.05) is 17.8 Å². The van der Waals surface area contributed by atoms with Gasteiger partial charge in [-0.3, -0.25) is 9.52 Å². The molecule has 0 bridgehead atoms. The summed E-state index contributed by atoms with van der Waals surface area (Å²) in [5.41, 5.74) is 1.58. The van der Waals surface area contributed by atoms with Crippen molar-refractivity contribution in [3.05, 3.63) is 35.0 Å². The quantitative estimate of drug-likeness (QED) is 0.869. The van der Waals surface area contributed by atoms with Crippen molar-refractivity contribution in [3.63, 3.8) is 0 Å². The minimum absolute atomic E-state index is 0.00904. The molecule has 3 rings (SSSR count). The van der Waals surface area contributed by atoms with E-state index in [1.54, 1.807) is 24.0 Å². The van der Waals surface area contributed by atoms with Gasteiger partial charge in [-0.2, -0.15) is 5.21 Å². The molecule has 2 heterocycles. The first-order chi connectivity index (χ1) is 11.4. The van der Waals surface area contributed by atoms with Gasteiger partial charge in [0.2, 0.25) is 0 Å². The van der Waals surface area contributed by atoms with E-state index in [1.165, 1.54) is 6.07 Å².